The summed E-state index contributed by atoms with van der Waals surface area (Å²) in [6.45, 7) is 18.9. The zero-order valence-corrected chi connectivity index (χ0v) is 17.8. The van der Waals surface area contributed by atoms with Crippen molar-refractivity contribution in [3.63, 3.8) is 0 Å². The topological polar surface area (TPSA) is 15.7 Å². The summed E-state index contributed by atoms with van der Waals surface area (Å²) in [6.07, 6.45) is 0.966. The molecule has 0 aliphatic carbocycles. The Hall–Kier alpha value is -0.470. The molecular formula is C20H37N2OP. The summed E-state index contributed by atoms with van der Waals surface area (Å²) in [5, 5.41) is 0. The van der Waals surface area contributed by atoms with Crippen molar-refractivity contribution in [2.45, 2.75) is 86.0 Å². The highest BCUT2D eigenvalue weighted by atomic mass is 31.2. The Bertz CT molecular complexity index is 412. The fourth-order valence-electron chi connectivity index (χ4n) is 3.13. The summed E-state index contributed by atoms with van der Waals surface area (Å²) in [4.78, 5) is 0. The lowest BCUT2D eigenvalue weighted by molar-refractivity contribution is 0.188. The van der Waals surface area contributed by atoms with Gasteiger partial charge in [0.2, 0.25) is 0 Å². The minimum atomic E-state index is -0.775. The molecule has 1 aromatic rings. The summed E-state index contributed by atoms with van der Waals surface area (Å²) in [5.41, 5.74) is 1.34. The average Bonchev–Trinajstić information content (AvgIpc) is 2.46. The van der Waals surface area contributed by atoms with Gasteiger partial charge < -0.3 is 4.52 Å². The van der Waals surface area contributed by atoms with Crippen LogP contribution in [0.3, 0.4) is 0 Å². The molecule has 0 unspecified atom stereocenters. The molecule has 1 aromatic carbocycles. The van der Waals surface area contributed by atoms with E-state index < -0.39 is 8.45 Å². The number of benzene rings is 1. The first kappa shape index (κ1) is 21.6. The van der Waals surface area contributed by atoms with Crippen LogP contribution in [0.2, 0.25) is 0 Å². The van der Waals surface area contributed by atoms with Crippen LogP contribution in [-0.2, 0) is 10.9 Å². The van der Waals surface area contributed by atoms with Crippen molar-refractivity contribution in [1.82, 2.24) is 9.34 Å². The standard InChI is InChI=1S/C20H37N2OP/c1-16(2)21(17(3)4)24(22(18(5)6)19(7)8)23-15-14-20-12-10-9-11-13-20/h9-13,16-19H,14-15H2,1-8H3. The van der Waals surface area contributed by atoms with Gasteiger partial charge in [-0.2, -0.15) is 0 Å². The second-order valence-corrected chi connectivity index (χ2v) is 9.14. The van der Waals surface area contributed by atoms with E-state index in [9.17, 15) is 0 Å². The maximum Gasteiger partial charge on any atom is 0.188 e. The van der Waals surface area contributed by atoms with Crippen LogP contribution in [0.15, 0.2) is 30.3 Å². The second-order valence-electron chi connectivity index (χ2n) is 7.46. The maximum atomic E-state index is 6.53. The molecule has 1 rings (SSSR count). The van der Waals surface area contributed by atoms with E-state index in [1.165, 1.54) is 5.56 Å². The zero-order chi connectivity index (χ0) is 18.3. The van der Waals surface area contributed by atoms with Gasteiger partial charge in [0.05, 0.1) is 6.61 Å². The minimum Gasteiger partial charge on any atom is -0.331 e. The first-order valence-corrected chi connectivity index (χ1v) is 10.5. The summed E-state index contributed by atoms with van der Waals surface area (Å²) in [5.74, 6) is 0. The van der Waals surface area contributed by atoms with Crippen molar-refractivity contribution in [2.24, 2.45) is 0 Å². The first-order valence-electron chi connectivity index (χ1n) is 9.29. The van der Waals surface area contributed by atoms with Crippen LogP contribution in [0.5, 0.6) is 0 Å². The van der Waals surface area contributed by atoms with E-state index >= 15 is 0 Å². The molecular weight excluding hydrogens is 315 g/mol. The highest BCUT2D eigenvalue weighted by Crippen LogP contribution is 2.50. The minimum absolute atomic E-state index is 0.466. The van der Waals surface area contributed by atoms with Crippen LogP contribution < -0.4 is 0 Å². The molecule has 4 heteroatoms. The zero-order valence-electron chi connectivity index (χ0n) is 16.9. The first-order chi connectivity index (χ1) is 11.3. The molecule has 0 radical (unpaired) electrons. The molecule has 0 aromatic heterocycles. The average molecular weight is 353 g/mol. The summed E-state index contributed by atoms with van der Waals surface area (Å²) >= 11 is 0. The SMILES string of the molecule is CC(C)N(C(C)C)P(OCCc1ccccc1)N(C(C)C)C(C)C. The molecule has 0 saturated heterocycles. The quantitative estimate of drug-likeness (QED) is 0.502. The Labute approximate surface area is 151 Å². The molecule has 0 amide bonds. The van der Waals surface area contributed by atoms with Gasteiger partial charge in [-0.25, -0.2) is 9.34 Å². The summed E-state index contributed by atoms with van der Waals surface area (Å²) < 4.78 is 11.6. The molecule has 0 fully saturated rings. The molecule has 138 valence electrons. The molecule has 0 heterocycles. The molecule has 3 nitrogen and oxygen atoms in total. The van der Waals surface area contributed by atoms with Crippen molar-refractivity contribution < 1.29 is 4.52 Å². The van der Waals surface area contributed by atoms with Crippen molar-refractivity contribution in [3.05, 3.63) is 35.9 Å². The predicted octanol–water partition coefficient (Wildman–Crippen LogP) is 5.71. The Morgan fingerprint density at radius 3 is 1.54 bits per heavy atom. The third-order valence-corrected chi connectivity index (χ3v) is 7.00. The fourth-order valence-corrected chi connectivity index (χ4v) is 5.47. The van der Waals surface area contributed by atoms with Crippen LogP contribution >= 0.6 is 8.45 Å². The Balaban J connectivity index is 2.90. The van der Waals surface area contributed by atoms with Crippen LogP contribution in [0.1, 0.15) is 61.0 Å². The van der Waals surface area contributed by atoms with Gasteiger partial charge in [-0.15, -0.1) is 0 Å². The van der Waals surface area contributed by atoms with Crippen LogP contribution in [0, 0.1) is 0 Å². The van der Waals surface area contributed by atoms with Crippen molar-refractivity contribution in [2.75, 3.05) is 6.61 Å². The maximum absolute atomic E-state index is 6.53. The molecule has 24 heavy (non-hydrogen) atoms. The third-order valence-electron chi connectivity index (χ3n) is 3.95. The van der Waals surface area contributed by atoms with E-state index in [1.807, 2.05) is 0 Å². The summed E-state index contributed by atoms with van der Waals surface area (Å²) in [7, 11) is -0.775. The van der Waals surface area contributed by atoms with Crippen molar-refractivity contribution in [3.8, 4) is 0 Å². The van der Waals surface area contributed by atoms with E-state index in [0.717, 1.165) is 13.0 Å². The third kappa shape index (κ3) is 6.44. The number of rotatable bonds is 10. The van der Waals surface area contributed by atoms with Gasteiger partial charge in [0.1, 0.15) is 0 Å². The Kier molecular flexibility index (Phi) is 9.44. The Morgan fingerprint density at radius 2 is 1.17 bits per heavy atom. The normalized spacial score (nSPS) is 12.8. The van der Waals surface area contributed by atoms with Gasteiger partial charge in [0, 0.05) is 24.2 Å². The highest BCUT2D eigenvalue weighted by molar-refractivity contribution is 7.47. The van der Waals surface area contributed by atoms with E-state index in [4.69, 9.17) is 4.52 Å². The number of nitrogens with zero attached hydrogens (tertiary/aromatic N) is 2. The van der Waals surface area contributed by atoms with Crippen LogP contribution in [0.4, 0.5) is 0 Å². The highest BCUT2D eigenvalue weighted by Gasteiger charge is 2.34. The molecule has 0 aliphatic rings. The predicted molar refractivity (Wildman–Crippen MR) is 107 cm³/mol. The van der Waals surface area contributed by atoms with Crippen LogP contribution in [-0.4, -0.2) is 40.1 Å². The molecule has 0 bridgehead atoms. The molecule has 0 spiro atoms. The lowest BCUT2D eigenvalue weighted by Crippen LogP contribution is -2.43. The largest absolute Gasteiger partial charge is 0.331 e. The van der Waals surface area contributed by atoms with Crippen molar-refractivity contribution >= 4 is 8.45 Å². The molecule has 0 atom stereocenters. The van der Waals surface area contributed by atoms with Gasteiger partial charge in [-0.05, 0) is 67.4 Å². The fraction of sp³-hybridized carbons (Fsp3) is 0.700. The smallest absolute Gasteiger partial charge is 0.188 e. The Morgan fingerprint density at radius 1 is 0.750 bits per heavy atom. The van der Waals surface area contributed by atoms with E-state index in [2.05, 4.69) is 95.1 Å². The van der Waals surface area contributed by atoms with E-state index in [-0.39, 0.29) is 0 Å². The van der Waals surface area contributed by atoms with E-state index in [0.29, 0.717) is 24.2 Å². The summed E-state index contributed by atoms with van der Waals surface area (Å²) in [6, 6.07) is 12.5. The van der Waals surface area contributed by atoms with Crippen molar-refractivity contribution in [1.29, 1.82) is 0 Å². The van der Waals surface area contributed by atoms with Gasteiger partial charge in [0.15, 0.2) is 8.45 Å². The monoisotopic (exact) mass is 352 g/mol. The molecule has 0 saturated carbocycles. The molecule has 0 N–H and O–H groups in total. The van der Waals surface area contributed by atoms with Gasteiger partial charge in [-0.3, -0.25) is 0 Å². The van der Waals surface area contributed by atoms with E-state index in [1.54, 1.807) is 0 Å². The molecule has 0 aliphatic heterocycles. The lowest BCUT2D eigenvalue weighted by Gasteiger charge is -2.45. The van der Waals surface area contributed by atoms with Gasteiger partial charge in [0.25, 0.3) is 0 Å². The number of hydrogen-bond acceptors (Lipinski definition) is 3. The lowest BCUT2D eigenvalue weighted by atomic mass is 10.2. The van der Waals surface area contributed by atoms with Crippen LogP contribution in [0.25, 0.3) is 0 Å². The second kappa shape index (κ2) is 10.5. The number of hydrogen-bond donors (Lipinski definition) is 0. The van der Waals surface area contributed by atoms with Gasteiger partial charge >= 0.3 is 0 Å². The van der Waals surface area contributed by atoms with Gasteiger partial charge in [-0.1, -0.05) is 30.3 Å².